The van der Waals surface area contributed by atoms with Crippen LogP contribution in [0.25, 0.3) is 23.3 Å². The Hall–Kier alpha value is -1.82. The summed E-state index contributed by atoms with van der Waals surface area (Å²) in [6.07, 6.45) is 3.81. The largest absolute Gasteiger partial charge is 0.437 e. The Morgan fingerprint density at radius 2 is 1.84 bits per heavy atom. The summed E-state index contributed by atoms with van der Waals surface area (Å²) < 4.78 is 6.79. The predicted molar refractivity (Wildman–Crippen MR) is 86.5 cm³/mol. The first kappa shape index (κ1) is 12.2. The molecule has 0 radical (unpaired) electrons. The van der Waals surface area contributed by atoms with E-state index < -0.39 is 0 Å². The highest BCUT2D eigenvalue weighted by atomic mass is 127. The van der Waals surface area contributed by atoms with Crippen molar-refractivity contribution in [3.05, 3.63) is 57.5 Å². The number of nitrogens with two attached hydrogens (primary N) is 1. The van der Waals surface area contributed by atoms with E-state index in [1.54, 1.807) is 0 Å². The maximum absolute atomic E-state index is 5.64. The van der Waals surface area contributed by atoms with E-state index in [1.165, 1.54) is 0 Å². The molecule has 0 aliphatic rings. The van der Waals surface area contributed by atoms with Gasteiger partial charge in [0.1, 0.15) is 5.52 Å². The van der Waals surface area contributed by atoms with Gasteiger partial charge >= 0.3 is 0 Å². The van der Waals surface area contributed by atoms with Crippen molar-refractivity contribution in [3.63, 3.8) is 0 Å². The zero-order chi connectivity index (χ0) is 13.2. The second-order valence-electron chi connectivity index (χ2n) is 4.16. The Morgan fingerprint density at radius 3 is 2.63 bits per heavy atom. The van der Waals surface area contributed by atoms with Gasteiger partial charge in [0, 0.05) is 15.3 Å². The molecule has 0 saturated carbocycles. The summed E-state index contributed by atoms with van der Waals surface area (Å²) in [4.78, 5) is 4.42. The quantitative estimate of drug-likeness (QED) is 0.550. The first-order valence-corrected chi connectivity index (χ1v) is 6.88. The molecule has 2 N–H and O–H groups in total. The fourth-order valence-electron chi connectivity index (χ4n) is 1.76. The molecule has 0 saturated heterocycles. The van der Waals surface area contributed by atoms with Crippen LogP contribution in [-0.2, 0) is 0 Å². The predicted octanol–water partition coefficient (Wildman–Crippen LogP) is 4.19. The summed E-state index contributed by atoms with van der Waals surface area (Å²) in [7, 11) is 0. The molecule has 0 amide bonds. The number of oxazole rings is 1. The number of nitrogen functional groups attached to an aromatic ring is 1. The van der Waals surface area contributed by atoms with Crippen molar-refractivity contribution in [2.45, 2.75) is 0 Å². The van der Waals surface area contributed by atoms with Crippen LogP contribution in [0.4, 0.5) is 5.69 Å². The lowest BCUT2D eigenvalue weighted by Crippen LogP contribution is -1.82. The number of fused-ring (bicyclic) bond motifs is 1. The van der Waals surface area contributed by atoms with Crippen molar-refractivity contribution in [1.82, 2.24) is 4.98 Å². The van der Waals surface area contributed by atoms with Crippen LogP contribution < -0.4 is 5.73 Å². The standard InChI is InChI=1S/C15H11IN2O/c16-11-4-7-14-13(9-11)18-15(19-14)8-3-10-1-5-12(17)6-2-10/h1-9H,17H2/b8-3+. The van der Waals surface area contributed by atoms with E-state index in [9.17, 15) is 0 Å². The molecule has 0 fully saturated rings. The van der Waals surface area contributed by atoms with Gasteiger partial charge in [-0.05, 0) is 64.6 Å². The molecular weight excluding hydrogens is 351 g/mol. The van der Waals surface area contributed by atoms with Gasteiger partial charge in [-0.1, -0.05) is 12.1 Å². The van der Waals surface area contributed by atoms with Gasteiger partial charge in [0.05, 0.1) is 0 Å². The monoisotopic (exact) mass is 362 g/mol. The van der Waals surface area contributed by atoms with Crippen LogP contribution in [-0.4, -0.2) is 4.98 Å². The first-order valence-electron chi connectivity index (χ1n) is 5.80. The van der Waals surface area contributed by atoms with Crippen molar-refractivity contribution in [2.24, 2.45) is 0 Å². The maximum atomic E-state index is 5.64. The number of benzene rings is 2. The fourth-order valence-corrected chi connectivity index (χ4v) is 2.24. The van der Waals surface area contributed by atoms with E-state index in [0.717, 1.165) is 25.9 Å². The molecule has 0 aliphatic carbocycles. The van der Waals surface area contributed by atoms with Crippen LogP contribution in [0.15, 0.2) is 46.9 Å². The smallest absolute Gasteiger partial charge is 0.220 e. The Morgan fingerprint density at radius 1 is 1.05 bits per heavy atom. The lowest BCUT2D eigenvalue weighted by molar-refractivity contribution is 0.589. The van der Waals surface area contributed by atoms with Gasteiger partial charge in [-0.2, -0.15) is 0 Å². The number of halogens is 1. The van der Waals surface area contributed by atoms with Crippen LogP contribution in [0.3, 0.4) is 0 Å². The average Bonchev–Trinajstić information content (AvgIpc) is 2.80. The molecule has 0 atom stereocenters. The third kappa shape index (κ3) is 2.78. The number of hydrogen-bond donors (Lipinski definition) is 1. The Balaban J connectivity index is 1.90. The van der Waals surface area contributed by atoms with E-state index in [-0.39, 0.29) is 0 Å². The Kier molecular flexibility index (Phi) is 3.25. The second kappa shape index (κ2) is 5.05. The minimum atomic E-state index is 0.605. The average molecular weight is 362 g/mol. The minimum Gasteiger partial charge on any atom is -0.437 e. The van der Waals surface area contributed by atoms with E-state index in [1.807, 2.05) is 54.6 Å². The number of aromatic nitrogens is 1. The zero-order valence-electron chi connectivity index (χ0n) is 10.0. The number of nitrogens with zero attached hydrogens (tertiary/aromatic N) is 1. The minimum absolute atomic E-state index is 0.605. The number of rotatable bonds is 2. The highest BCUT2D eigenvalue weighted by Gasteiger charge is 2.02. The van der Waals surface area contributed by atoms with Crippen LogP contribution in [0.1, 0.15) is 11.5 Å². The maximum Gasteiger partial charge on any atom is 0.220 e. The molecule has 1 aromatic heterocycles. The highest BCUT2D eigenvalue weighted by Crippen LogP contribution is 2.19. The lowest BCUT2D eigenvalue weighted by atomic mass is 10.2. The lowest BCUT2D eigenvalue weighted by Gasteiger charge is -1.93. The summed E-state index contributed by atoms with van der Waals surface area (Å²) in [6.45, 7) is 0. The van der Waals surface area contributed by atoms with Gasteiger partial charge in [-0.25, -0.2) is 4.98 Å². The van der Waals surface area contributed by atoms with Gasteiger partial charge < -0.3 is 10.2 Å². The third-order valence-corrected chi connectivity index (χ3v) is 3.39. The van der Waals surface area contributed by atoms with Crippen LogP contribution in [0.5, 0.6) is 0 Å². The third-order valence-electron chi connectivity index (χ3n) is 2.72. The van der Waals surface area contributed by atoms with Gasteiger partial charge in [-0.3, -0.25) is 0 Å². The molecule has 0 bridgehead atoms. The van der Waals surface area contributed by atoms with Gasteiger partial charge in [-0.15, -0.1) is 0 Å². The number of anilines is 1. The molecule has 3 aromatic rings. The van der Waals surface area contributed by atoms with E-state index >= 15 is 0 Å². The molecule has 19 heavy (non-hydrogen) atoms. The fraction of sp³-hybridized carbons (Fsp3) is 0. The van der Waals surface area contributed by atoms with Crippen molar-refractivity contribution in [2.75, 3.05) is 5.73 Å². The van der Waals surface area contributed by atoms with E-state index in [2.05, 4.69) is 27.6 Å². The molecule has 0 unspecified atom stereocenters. The molecule has 3 rings (SSSR count). The van der Waals surface area contributed by atoms with Gasteiger partial charge in [0.25, 0.3) is 0 Å². The highest BCUT2D eigenvalue weighted by molar-refractivity contribution is 14.1. The Labute approximate surface area is 124 Å². The molecular formula is C15H11IN2O. The van der Waals surface area contributed by atoms with Crippen molar-refractivity contribution in [3.8, 4) is 0 Å². The molecule has 3 nitrogen and oxygen atoms in total. The van der Waals surface area contributed by atoms with Crippen LogP contribution in [0, 0.1) is 3.57 Å². The van der Waals surface area contributed by atoms with Crippen molar-refractivity contribution >= 4 is 51.5 Å². The number of hydrogen-bond acceptors (Lipinski definition) is 3. The van der Waals surface area contributed by atoms with Crippen molar-refractivity contribution in [1.29, 1.82) is 0 Å². The summed E-state index contributed by atoms with van der Waals surface area (Å²) in [5.74, 6) is 0.605. The molecule has 1 heterocycles. The summed E-state index contributed by atoms with van der Waals surface area (Å²) in [6, 6.07) is 13.6. The molecule has 2 aromatic carbocycles. The molecule has 0 spiro atoms. The second-order valence-corrected chi connectivity index (χ2v) is 5.41. The summed E-state index contributed by atoms with van der Waals surface area (Å²) in [5.41, 5.74) is 9.14. The zero-order valence-corrected chi connectivity index (χ0v) is 12.2. The molecule has 94 valence electrons. The normalized spacial score (nSPS) is 11.4. The molecule has 4 heteroatoms. The van der Waals surface area contributed by atoms with Crippen LogP contribution in [0.2, 0.25) is 0 Å². The first-order chi connectivity index (χ1) is 9.20. The Bertz CT molecular complexity index is 744. The van der Waals surface area contributed by atoms with E-state index in [4.69, 9.17) is 10.2 Å². The van der Waals surface area contributed by atoms with Gasteiger partial charge in [0.15, 0.2) is 5.58 Å². The molecule has 0 aliphatic heterocycles. The topological polar surface area (TPSA) is 52.0 Å². The SMILES string of the molecule is Nc1ccc(/C=C/c2nc3cc(I)ccc3o2)cc1. The summed E-state index contributed by atoms with van der Waals surface area (Å²) >= 11 is 2.26. The van der Waals surface area contributed by atoms with E-state index in [0.29, 0.717) is 5.89 Å². The van der Waals surface area contributed by atoms with Gasteiger partial charge in [0.2, 0.25) is 5.89 Å². The van der Waals surface area contributed by atoms with Crippen LogP contribution >= 0.6 is 22.6 Å². The summed E-state index contributed by atoms with van der Waals surface area (Å²) in [5, 5.41) is 0. The van der Waals surface area contributed by atoms with Crippen molar-refractivity contribution < 1.29 is 4.42 Å².